The van der Waals surface area contributed by atoms with Crippen LogP contribution in [0.1, 0.15) is 61.9 Å². The molecule has 162 valence electrons. The Morgan fingerprint density at radius 1 is 1.17 bits per heavy atom. The SMILES string of the molecule is CCN(CC)C1CCCC1Oc1cc2c(cc1F)C(=O)N(C1CCC(=O)NC1=O)C2. The van der Waals surface area contributed by atoms with E-state index in [0.29, 0.717) is 5.56 Å². The van der Waals surface area contributed by atoms with E-state index in [1.165, 1.54) is 11.0 Å². The van der Waals surface area contributed by atoms with E-state index in [9.17, 15) is 18.8 Å². The Balaban J connectivity index is 1.53. The highest BCUT2D eigenvalue weighted by atomic mass is 19.1. The van der Waals surface area contributed by atoms with Gasteiger partial charge >= 0.3 is 0 Å². The molecule has 1 aromatic carbocycles. The fourth-order valence-electron chi connectivity index (χ4n) is 4.97. The first-order valence-electron chi connectivity index (χ1n) is 10.8. The lowest BCUT2D eigenvalue weighted by Crippen LogP contribution is -2.52. The molecule has 7 nitrogen and oxygen atoms in total. The van der Waals surface area contributed by atoms with E-state index in [4.69, 9.17) is 4.74 Å². The second-order valence-corrected chi connectivity index (χ2v) is 8.22. The lowest BCUT2D eigenvalue weighted by Gasteiger charge is -2.31. The number of piperidine rings is 1. The third kappa shape index (κ3) is 3.69. The number of halogens is 1. The zero-order valence-corrected chi connectivity index (χ0v) is 17.4. The molecule has 1 N–H and O–H groups in total. The number of rotatable bonds is 6. The summed E-state index contributed by atoms with van der Waals surface area (Å²) in [6, 6.07) is 2.37. The maximum Gasteiger partial charge on any atom is 0.255 e. The first-order chi connectivity index (χ1) is 14.4. The summed E-state index contributed by atoms with van der Waals surface area (Å²) in [5, 5.41) is 2.28. The molecule has 3 unspecified atom stereocenters. The van der Waals surface area contributed by atoms with Gasteiger partial charge in [0.2, 0.25) is 11.8 Å². The van der Waals surface area contributed by atoms with Crippen LogP contribution in [0, 0.1) is 5.82 Å². The van der Waals surface area contributed by atoms with Crippen LogP contribution in [0.3, 0.4) is 0 Å². The van der Waals surface area contributed by atoms with Crippen LogP contribution in [0.15, 0.2) is 12.1 Å². The zero-order valence-electron chi connectivity index (χ0n) is 17.4. The number of hydrogen-bond acceptors (Lipinski definition) is 5. The standard InChI is InChI=1S/C22H28FN3O4/c1-3-25(4-2)16-6-5-7-18(16)30-19-10-13-12-26(22(29)14(13)11-15(19)23)17-8-9-20(27)24-21(17)28/h10-11,16-18H,3-9,12H2,1-2H3,(H,24,27,28). The van der Waals surface area contributed by atoms with Crippen LogP contribution >= 0.6 is 0 Å². The lowest BCUT2D eigenvalue weighted by atomic mass is 10.0. The second-order valence-electron chi connectivity index (χ2n) is 8.22. The molecular weight excluding hydrogens is 389 g/mol. The maximum absolute atomic E-state index is 14.8. The van der Waals surface area contributed by atoms with Gasteiger partial charge in [0.1, 0.15) is 12.1 Å². The van der Waals surface area contributed by atoms with Crippen molar-refractivity contribution in [2.24, 2.45) is 0 Å². The largest absolute Gasteiger partial charge is 0.486 e. The van der Waals surface area contributed by atoms with Crippen molar-refractivity contribution in [1.82, 2.24) is 15.1 Å². The van der Waals surface area contributed by atoms with Gasteiger partial charge in [0, 0.05) is 24.6 Å². The fraction of sp³-hybridized carbons (Fsp3) is 0.591. The molecule has 8 heteroatoms. The minimum atomic E-state index is -0.711. The number of fused-ring (bicyclic) bond motifs is 1. The van der Waals surface area contributed by atoms with Crippen LogP contribution in [-0.4, -0.2) is 58.8 Å². The number of likely N-dealkylation sites (N-methyl/N-ethyl adjacent to an activating group) is 1. The Hall–Kier alpha value is -2.48. The summed E-state index contributed by atoms with van der Waals surface area (Å²) in [6.07, 6.45) is 3.33. The van der Waals surface area contributed by atoms with Crippen molar-refractivity contribution in [3.63, 3.8) is 0 Å². The van der Waals surface area contributed by atoms with Crippen molar-refractivity contribution < 1.29 is 23.5 Å². The molecule has 1 saturated heterocycles. The third-order valence-corrected chi connectivity index (χ3v) is 6.55. The molecule has 3 atom stereocenters. The van der Waals surface area contributed by atoms with Gasteiger partial charge in [-0.2, -0.15) is 0 Å². The fourth-order valence-corrected chi connectivity index (χ4v) is 4.97. The summed E-state index contributed by atoms with van der Waals surface area (Å²) in [5.41, 5.74) is 0.912. The van der Waals surface area contributed by atoms with Gasteiger partial charge in [0.25, 0.3) is 5.91 Å². The molecule has 30 heavy (non-hydrogen) atoms. The van der Waals surface area contributed by atoms with Crippen molar-refractivity contribution in [3.05, 3.63) is 29.1 Å². The van der Waals surface area contributed by atoms with Gasteiger partial charge in [-0.25, -0.2) is 4.39 Å². The highest BCUT2D eigenvalue weighted by molar-refractivity contribution is 6.05. The van der Waals surface area contributed by atoms with E-state index in [0.717, 1.165) is 32.4 Å². The predicted octanol–water partition coefficient (Wildman–Crippen LogP) is 2.23. The number of benzene rings is 1. The van der Waals surface area contributed by atoms with Gasteiger partial charge in [-0.15, -0.1) is 0 Å². The normalized spacial score (nSPS) is 26.3. The number of nitrogens with zero attached hydrogens (tertiary/aromatic N) is 2. The average molecular weight is 417 g/mol. The molecule has 1 aromatic rings. The quantitative estimate of drug-likeness (QED) is 0.718. The first kappa shape index (κ1) is 20.8. The van der Waals surface area contributed by atoms with E-state index >= 15 is 0 Å². The van der Waals surface area contributed by atoms with Crippen molar-refractivity contribution in [2.75, 3.05) is 13.1 Å². The molecule has 2 fully saturated rings. The molecule has 0 aromatic heterocycles. The highest BCUT2D eigenvalue weighted by Gasteiger charge is 2.40. The Bertz CT molecular complexity index is 870. The number of ether oxygens (including phenoxy) is 1. The van der Waals surface area contributed by atoms with Crippen LogP contribution in [0.4, 0.5) is 4.39 Å². The van der Waals surface area contributed by atoms with Crippen LogP contribution in [0.2, 0.25) is 0 Å². The molecule has 3 amide bonds. The summed E-state index contributed by atoms with van der Waals surface area (Å²) in [7, 11) is 0. The monoisotopic (exact) mass is 417 g/mol. The van der Waals surface area contributed by atoms with Gasteiger partial charge in [-0.3, -0.25) is 24.6 Å². The molecule has 1 saturated carbocycles. The summed E-state index contributed by atoms with van der Waals surface area (Å²) in [5.74, 6) is -1.58. The van der Waals surface area contributed by atoms with E-state index in [1.54, 1.807) is 6.07 Å². The van der Waals surface area contributed by atoms with Crippen molar-refractivity contribution in [3.8, 4) is 5.75 Å². The second kappa shape index (κ2) is 8.34. The van der Waals surface area contributed by atoms with Gasteiger partial charge < -0.3 is 9.64 Å². The summed E-state index contributed by atoms with van der Waals surface area (Å²) >= 11 is 0. The van der Waals surface area contributed by atoms with E-state index in [1.807, 2.05) is 0 Å². The molecule has 0 spiro atoms. The number of carbonyl (C=O) groups is 3. The Labute approximate surface area is 175 Å². The predicted molar refractivity (Wildman–Crippen MR) is 107 cm³/mol. The summed E-state index contributed by atoms with van der Waals surface area (Å²) in [4.78, 5) is 40.1. The Kier molecular flexibility index (Phi) is 5.77. The third-order valence-electron chi connectivity index (χ3n) is 6.55. The minimum Gasteiger partial charge on any atom is -0.486 e. The molecule has 0 radical (unpaired) electrons. The van der Waals surface area contributed by atoms with Crippen LogP contribution in [0.25, 0.3) is 0 Å². The van der Waals surface area contributed by atoms with E-state index < -0.39 is 17.8 Å². The van der Waals surface area contributed by atoms with E-state index in [-0.39, 0.29) is 54.7 Å². The van der Waals surface area contributed by atoms with Gasteiger partial charge in [0.05, 0.1) is 0 Å². The lowest BCUT2D eigenvalue weighted by molar-refractivity contribution is -0.136. The number of nitrogens with one attached hydrogen (secondary N) is 1. The molecule has 0 bridgehead atoms. The average Bonchev–Trinajstić information content (AvgIpc) is 3.29. The number of imide groups is 1. The van der Waals surface area contributed by atoms with Crippen LogP contribution in [0.5, 0.6) is 5.75 Å². The van der Waals surface area contributed by atoms with Gasteiger partial charge in [0.15, 0.2) is 11.6 Å². The van der Waals surface area contributed by atoms with Crippen molar-refractivity contribution >= 4 is 17.7 Å². The topological polar surface area (TPSA) is 79.0 Å². The van der Waals surface area contributed by atoms with Crippen LogP contribution in [-0.2, 0) is 16.1 Å². The molecular formula is C22H28FN3O4. The van der Waals surface area contributed by atoms with Gasteiger partial charge in [-0.05, 0) is 56.5 Å². The highest BCUT2D eigenvalue weighted by Crippen LogP contribution is 2.35. The number of hydrogen-bond donors (Lipinski definition) is 1. The smallest absolute Gasteiger partial charge is 0.255 e. The molecule has 3 aliphatic rings. The van der Waals surface area contributed by atoms with Crippen molar-refractivity contribution in [1.29, 1.82) is 0 Å². The van der Waals surface area contributed by atoms with Crippen molar-refractivity contribution in [2.45, 2.75) is 70.7 Å². The molecule has 1 aliphatic carbocycles. The molecule has 2 heterocycles. The van der Waals surface area contributed by atoms with Crippen LogP contribution < -0.4 is 10.1 Å². The first-order valence-corrected chi connectivity index (χ1v) is 10.8. The maximum atomic E-state index is 14.8. The number of carbonyl (C=O) groups excluding carboxylic acids is 3. The number of amides is 3. The Morgan fingerprint density at radius 3 is 2.63 bits per heavy atom. The molecule has 4 rings (SSSR count). The zero-order chi connectivity index (χ0) is 21.4. The van der Waals surface area contributed by atoms with E-state index in [2.05, 4.69) is 24.1 Å². The summed E-state index contributed by atoms with van der Waals surface area (Å²) < 4.78 is 20.9. The summed E-state index contributed by atoms with van der Waals surface area (Å²) in [6.45, 7) is 6.28. The molecule has 2 aliphatic heterocycles. The minimum absolute atomic E-state index is 0.0826. The van der Waals surface area contributed by atoms with Gasteiger partial charge in [-0.1, -0.05) is 13.8 Å². The Morgan fingerprint density at radius 2 is 1.93 bits per heavy atom.